The van der Waals surface area contributed by atoms with E-state index in [1.165, 1.54) is 5.56 Å². The van der Waals surface area contributed by atoms with E-state index in [0.717, 1.165) is 48.5 Å². The Labute approximate surface area is 202 Å². The molecule has 2 saturated heterocycles. The van der Waals surface area contributed by atoms with Crippen LogP contribution in [0.4, 0.5) is 11.8 Å². The molecule has 2 aliphatic heterocycles. The van der Waals surface area contributed by atoms with Crippen molar-refractivity contribution >= 4 is 35.4 Å². The standard InChI is InChI=1S/C25H35BN6O2/c1-17(32-13-11-31(6)12-14-32)18-9-10-27-22(15-18)30-23-28-20-8-7-19(16-21(20)29-23)26-33-24(2,3)25(4,5)34-26/h7-10,15-17H,11-14H2,1-6H3,(H2,27,28,29,30). The maximum Gasteiger partial charge on any atom is 0.494 e. The minimum absolute atomic E-state index is 0.343. The lowest BCUT2D eigenvalue weighted by Crippen LogP contribution is -2.45. The van der Waals surface area contributed by atoms with Crippen molar-refractivity contribution in [3.8, 4) is 0 Å². The minimum atomic E-state index is -0.400. The molecule has 4 heterocycles. The number of nitrogens with zero attached hydrogens (tertiary/aromatic N) is 4. The normalized spacial score (nSPS) is 21.8. The highest BCUT2D eigenvalue weighted by molar-refractivity contribution is 6.62. The van der Waals surface area contributed by atoms with E-state index < -0.39 is 7.12 Å². The van der Waals surface area contributed by atoms with Crippen LogP contribution in [0.25, 0.3) is 11.0 Å². The molecule has 0 radical (unpaired) electrons. The fourth-order valence-electron chi connectivity index (χ4n) is 4.53. The van der Waals surface area contributed by atoms with Gasteiger partial charge in [-0.05, 0) is 77.0 Å². The molecule has 9 heteroatoms. The average molecular weight is 462 g/mol. The molecule has 3 aromatic rings. The Kier molecular flexibility index (Phi) is 5.92. The summed E-state index contributed by atoms with van der Waals surface area (Å²) < 4.78 is 12.4. The van der Waals surface area contributed by atoms with Gasteiger partial charge in [-0.1, -0.05) is 6.07 Å². The van der Waals surface area contributed by atoms with Gasteiger partial charge >= 0.3 is 7.12 Å². The van der Waals surface area contributed by atoms with E-state index in [1.54, 1.807) is 0 Å². The molecule has 0 saturated carbocycles. The van der Waals surface area contributed by atoms with Crippen LogP contribution in [-0.2, 0) is 9.31 Å². The monoisotopic (exact) mass is 462 g/mol. The molecule has 1 atom stereocenters. The molecular weight excluding hydrogens is 427 g/mol. The number of imidazole rings is 1. The second kappa shape index (κ2) is 8.64. The number of piperazine rings is 1. The SMILES string of the molecule is CC(c1ccnc(Nc2nc3ccc(B4OC(C)(C)C(C)(C)O4)cc3[nH]2)c1)N1CCN(C)CC1. The molecule has 1 unspecified atom stereocenters. The minimum Gasteiger partial charge on any atom is -0.399 e. The summed E-state index contributed by atoms with van der Waals surface area (Å²) in [6, 6.07) is 10.6. The van der Waals surface area contributed by atoms with Crippen molar-refractivity contribution in [2.24, 2.45) is 0 Å². The maximum atomic E-state index is 6.20. The summed E-state index contributed by atoms with van der Waals surface area (Å²) in [5.74, 6) is 1.45. The van der Waals surface area contributed by atoms with E-state index >= 15 is 0 Å². The number of hydrogen-bond donors (Lipinski definition) is 2. The lowest BCUT2D eigenvalue weighted by Gasteiger charge is -2.36. The van der Waals surface area contributed by atoms with Crippen LogP contribution in [0.5, 0.6) is 0 Å². The Morgan fingerprint density at radius 2 is 1.74 bits per heavy atom. The Hall–Kier alpha value is -2.46. The number of nitrogens with one attached hydrogen (secondary N) is 2. The number of rotatable bonds is 5. The zero-order valence-corrected chi connectivity index (χ0v) is 21.1. The molecule has 2 fully saturated rings. The van der Waals surface area contributed by atoms with E-state index in [1.807, 2.05) is 18.3 Å². The van der Waals surface area contributed by atoms with Crippen LogP contribution in [0.3, 0.4) is 0 Å². The van der Waals surface area contributed by atoms with Crippen molar-refractivity contribution in [2.75, 3.05) is 38.5 Å². The van der Waals surface area contributed by atoms with Crippen LogP contribution in [-0.4, -0.2) is 76.3 Å². The zero-order valence-electron chi connectivity index (χ0n) is 21.1. The van der Waals surface area contributed by atoms with Gasteiger partial charge in [-0.3, -0.25) is 4.90 Å². The van der Waals surface area contributed by atoms with Crippen molar-refractivity contribution in [3.63, 3.8) is 0 Å². The van der Waals surface area contributed by atoms with Gasteiger partial charge in [0.1, 0.15) is 5.82 Å². The van der Waals surface area contributed by atoms with Gasteiger partial charge in [0.2, 0.25) is 5.95 Å². The number of H-pyrrole nitrogens is 1. The first-order valence-electron chi connectivity index (χ1n) is 12.1. The van der Waals surface area contributed by atoms with E-state index in [0.29, 0.717) is 12.0 Å². The third kappa shape index (κ3) is 4.45. The van der Waals surface area contributed by atoms with Crippen molar-refractivity contribution in [2.45, 2.75) is 51.9 Å². The molecule has 0 spiro atoms. The summed E-state index contributed by atoms with van der Waals surface area (Å²) in [7, 11) is 1.78. The average Bonchev–Trinajstić information content (AvgIpc) is 3.29. The van der Waals surface area contributed by atoms with Gasteiger partial charge in [-0.15, -0.1) is 0 Å². The Balaban J connectivity index is 1.31. The van der Waals surface area contributed by atoms with Crippen molar-refractivity contribution in [1.29, 1.82) is 0 Å². The highest BCUT2D eigenvalue weighted by Crippen LogP contribution is 2.36. The second-order valence-corrected chi connectivity index (χ2v) is 10.6. The topological polar surface area (TPSA) is 78.5 Å². The van der Waals surface area contributed by atoms with E-state index in [2.05, 4.69) is 85.0 Å². The number of fused-ring (bicyclic) bond motifs is 1. The summed E-state index contributed by atoms with van der Waals surface area (Å²) in [5.41, 5.74) is 3.29. The summed E-state index contributed by atoms with van der Waals surface area (Å²) >= 11 is 0. The van der Waals surface area contributed by atoms with E-state index in [4.69, 9.17) is 14.3 Å². The van der Waals surface area contributed by atoms with Crippen LogP contribution in [0.2, 0.25) is 0 Å². The first-order valence-corrected chi connectivity index (χ1v) is 12.1. The number of benzene rings is 1. The highest BCUT2D eigenvalue weighted by atomic mass is 16.7. The van der Waals surface area contributed by atoms with Gasteiger partial charge in [0, 0.05) is 38.4 Å². The van der Waals surface area contributed by atoms with Crippen molar-refractivity contribution in [3.05, 3.63) is 42.1 Å². The van der Waals surface area contributed by atoms with Crippen LogP contribution in [0, 0.1) is 0 Å². The molecule has 180 valence electrons. The lowest BCUT2D eigenvalue weighted by molar-refractivity contribution is 0.00578. The largest absolute Gasteiger partial charge is 0.494 e. The Bertz CT molecular complexity index is 1160. The van der Waals surface area contributed by atoms with Gasteiger partial charge in [0.05, 0.1) is 22.2 Å². The number of pyridine rings is 1. The van der Waals surface area contributed by atoms with Gasteiger partial charge in [0.25, 0.3) is 0 Å². The van der Waals surface area contributed by atoms with Crippen LogP contribution >= 0.6 is 0 Å². The van der Waals surface area contributed by atoms with Gasteiger partial charge in [-0.25, -0.2) is 9.97 Å². The number of anilines is 2. The fraction of sp³-hybridized carbons (Fsp3) is 0.520. The number of hydrogen-bond acceptors (Lipinski definition) is 7. The quantitative estimate of drug-likeness (QED) is 0.564. The highest BCUT2D eigenvalue weighted by Gasteiger charge is 2.51. The number of aromatic amines is 1. The molecular formula is C25H35BN6O2. The van der Waals surface area contributed by atoms with E-state index in [-0.39, 0.29) is 11.2 Å². The summed E-state index contributed by atoms with van der Waals surface area (Å²) in [5, 5.41) is 3.35. The third-order valence-electron chi connectivity index (χ3n) is 7.63. The molecule has 0 bridgehead atoms. The molecule has 2 aliphatic rings. The smallest absolute Gasteiger partial charge is 0.399 e. The number of likely N-dealkylation sites (N-methyl/N-ethyl adjacent to an activating group) is 1. The molecule has 2 N–H and O–H groups in total. The molecule has 5 rings (SSSR count). The molecule has 0 amide bonds. The summed E-state index contributed by atoms with van der Waals surface area (Å²) in [6.07, 6.45) is 1.86. The van der Waals surface area contributed by atoms with Crippen LogP contribution < -0.4 is 10.8 Å². The predicted octanol–water partition coefficient (Wildman–Crippen LogP) is 3.31. The van der Waals surface area contributed by atoms with Crippen LogP contribution in [0.15, 0.2) is 36.5 Å². The second-order valence-electron chi connectivity index (χ2n) is 10.6. The number of aromatic nitrogens is 3. The van der Waals surface area contributed by atoms with Crippen molar-refractivity contribution in [1.82, 2.24) is 24.8 Å². The molecule has 0 aliphatic carbocycles. The molecule has 34 heavy (non-hydrogen) atoms. The van der Waals surface area contributed by atoms with Gasteiger partial charge < -0.3 is 24.5 Å². The summed E-state index contributed by atoms with van der Waals surface area (Å²) in [6.45, 7) is 14.9. The molecule has 2 aromatic heterocycles. The third-order valence-corrected chi connectivity index (χ3v) is 7.63. The maximum absolute atomic E-state index is 6.20. The van der Waals surface area contributed by atoms with Gasteiger partial charge in [-0.2, -0.15) is 0 Å². The van der Waals surface area contributed by atoms with E-state index in [9.17, 15) is 0 Å². The van der Waals surface area contributed by atoms with Crippen molar-refractivity contribution < 1.29 is 9.31 Å². The van der Waals surface area contributed by atoms with Gasteiger partial charge in [0.15, 0.2) is 0 Å². The molecule has 1 aromatic carbocycles. The Morgan fingerprint density at radius 3 is 2.44 bits per heavy atom. The Morgan fingerprint density at radius 1 is 1.03 bits per heavy atom. The first-order chi connectivity index (χ1) is 16.1. The molecule has 8 nitrogen and oxygen atoms in total. The lowest BCUT2D eigenvalue weighted by atomic mass is 9.79. The predicted molar refractivity (Wildman–Crippen MR) is 137 cm³/mol. The zero-order chi connectivity index (χ0) is 24.1. The fourth-order valence-corrected chi connectivity index (χ4v) is 4.53. The summed E-state index contributed by atoms with van der Waals surface area (Å²) in [4.78, 5) is 17.5. The first kappa shape index (κ1) is 23.3. The van der Waals surface area contributed by atoms with Crippen LogP contribution in [0.1, 0.15) is 46.2 Å².